The van der Waals surface area contributed by atoms with Crippen LogP contribution in [0.4, 0.5) is 10.6 Å². The molecule has 1 saturated carbocycles. The lowest BCUT2D eigenvalue weighted by molar-refractivity contribution is -0.137. The van der Waals surface area contributed by atoms with Gasteiger partial charge in [0.05, 0.1) is 17.3 Å². The molecule has 212 valence electrons. The number of amides is 3. The van der Waals surface area contributed by atoms with Crippen molar-refractivity contribution in [3.8, 4) is 5.69 Å². The highest BCUT2D eigenvalue weighted by Crippen LogP contribution is 2.20. The number of anilines is 1. The van der Waals surface area contributed by atoms with Gasteiger partial charge in [-0.05, 0) is 56.9 Å². The van der Waals surface area contributed by atoms with Gasteiger partial charge in [-0.15, -0.1) is 0 Å². The van der Waals surface area contributed by atoms with Crippen molar-refractivity contribution in [1.29, 1.82) is 0 Å². The van der Waals surface area contributed by atoms with E-state index in [-0.39, 0.29) is 29.9 Å². The number of carbonyl (C=O) groups is 2. The van der Waals surface area contributed by atoms with Gasteiger partial charge in [-0.1, -0.05) is 12.1 Å². The van der Waals surface area contributed by atoms with E-state index in [9.17, 15) is 14.4 Å². The largest absolute Gasteiger partial charge is 0.380 e. The second-order valence-corrected chi connectivity index (χ2v) is 10.9. The lowest BCUT2D eigenvalue weighted by Gasteiger charge is -2.37. The van der Waals surface area contributed by atoms with Gasteiger partial charge in [0.1, 0.15) is 5.82 Å². The molecular formula is C27H40N8O4. The van der Waals surface area contributed by atoms with Crippen LogP contribution >= 0.6 is 0 Å². The van der Waals surface area contributed by atoms with E-state index in [1.165, 1.54) is 4.57 Å². The Morgan fingerprint density at radius 2 is 1.74 bits per heavy atom. The summed E-state index contributed by atoms with van der Waals surface area (Å²) in [6.45, 7) is 5.58. The highest BCUT2D eigenvalue weighted by atomic mass is 16.5. The van der Waals surface area contributed by atoms with E-state index >= 15 is 0 Å². The van der Waals surface area contributed by atoms with Crippen molar-refractivity contribution < 1.29 is 14.3 Å². The number of ether oxygens (including phenoxy) is 1. The zero-order valence-electron chi connectivity index (χ0n) is 22.9. The Labute approximate surface area is 228 Å². The summed E-state index contributed by atoms with van der Waals surface area (Å²) in [5, 5.41) is 6.26. The highest BCUT2D eigenvalue weighted by Gasteiger charge is 2.31. The Balaban J connectivity index is 1.29. The van der Waals surface area contributed by atoms with Gasteiger partial charge in [-0.2, -0.15) is 4.98 Å². The Morgan fingerprint density at radius 1 is 1.08 bits per heavy atom. The number of benzene rings is 1. The number of nitrogens with zero attached hydrogens (tertiary/aromatic N) is 4. The molecule has 3 atom stereocenters. The molecule has 0 spiro atoms. The molecule has 1 saturated heterocycles. The predicted octanol–water partition coefficient (Wildman–Crippen LogP) is 0.630. The average Bonchev–Trinajstić information content (AvgIpc) is 2.92. The number of aromatic nitrogens is 2. The van der Waals surface area contributed by atoms with Crippen molar-refractivity contribution in [2.75, 3.05) is 38.6 Å². The number of methoxy groups -OCH3 is 1. The molecule has 2 fully saturated rings. The Kier molecular flexibility index (Phi) is 9.01. The van der Waals surface area contributed by atoms with E-state index in [1.807, 2.05) is 24.3 Å². The molecule has 4 rings (SSSR count). The third kappa shape index (κ3) is 7.21. The third-order valence-electron chi connectivity index (χ3n) is 7.40. The molecule has 39 heavy (non-hydrogen) atoms. The molecular weight excluding hydrogens is 500 g/mol. The van der Waals surface area contributed by atoms with Crippen LogP contribution in [0.15, 0.2) is 41.3 Å². The van der Waals surface area contributed by atoms with Crippen molar-refractivity contribution >= 4 is 17.8 Å². The van der Waals surface area contributed by atoms with E-state index in [0.717, 1.165) is 24.8 Å². The SMILES string of the molecule is CO[C@H]1C[C@@H](NCc2ccc(-n3ccc(NC(=O)N4CCN(C(=O)C(C)(C)N)CC4)nc3=O)cc2)CC[C@@H]1N. The molecule has 1 aliphatic heterocycles. The molecule has 1 aromatic heterocycles. The number of rotatable bonds is 7. The van der Waals surface area contributed by atoms with Gasteiger partial charge in [0.2, 0.25) is 5.91 Å². The lowest BCUT2D eigenvalue weighted by Crippen LogP contribution is -2.58. The van der Waals surface area contributed by atoms with E-state index in [0.29, 0.717) is 44.5 Å². The van der Waals surface area contributed by atoms with Gasteiger partial charge in [0.25, 0.3) is 0 Å². The Morgan fingerprint density at radius 3 is 2.36 bits per heavy atom. The molecule has 1 aliphatic carbocycles. The minimum Gasteiger partial charge on any atom is -0.380 e. The van der Waals surface area contributed by atoms with Crippen LogP contribution in [0.5, 0.6) is 0 Å². The second-order valence-electron chi connectivity index (χ2n) is 10.9. The molecule has 1 aromatic carbocycles. The number of nitrogens with one attached hydrogen (secondary N) is 2. The van der Waals surface area contributed by atoms with Crippen LogP contribution in [-0.2, 0) is 16.1 Å². The summed E-state index contributed by atoms with van der Waals surface area (Å²) in [4.78, 5) is 45.0. The summed E-state index contributed by atoms with van der Waals surface area (Å²) < 4.78 is 6.93. The van der Waals surface area contributed by atoms with Crippen LogP contribution in [0.1, 0.15) is 38.7 Å². The molecule has 12 nitrogen and oxygen atoms in total. The first kappa shape index (κ1) is 28.7. The number of urea groups is 1. The molecule has 0 radical (unpaired) electrons. The van der Waals surface area contributed by atoms with Crippen LogP contribution in [0.3, 0.4) is 0 Å². The standard InChI is InChI=1S/C27H40N8O4/c1-27(2,29)24(36)33-12-14-34(15-13-33)25(37)31-23-10-11-35(26(38)32-23)20-7-4-18(5-8-20)17-30-19-6-9-21(28)22(16-19)39-3/h4-5,7-8,10-11,19,21-22,30H,6,9,12-17,28-29H2,1-3H3,(H,31,32,37,38)/t19-,21-,22-/m0/s1. The van der Waals surface area contributed by atoms with Gasteiger partial charge in [-0.3, -0.25) is 14.7 Å². The zero-order valence-corrected chi connectivity index (χ0v) is 22.9. The Bertz CT molecular complexity index is 1200. The molecule has 0 unspecified atom stereocenters. The summed E-state index contributed by atoms with van der Waals surface area (Å²) in [6, 6.07) is 9.36. The quantitative estimate of drug-likeness (QED) is 0.398. The molecule has 3 amide bonds. The second kappa shape index (κ2) is 12.2. The third-order valence-corrected chi connectivity index (χ3v) is 7.40. The highest BCUT2D eigenvalue weighted by molar-refractivity contribution is 5.89. The first-order valence-corrected chi connectivity index (χ1v) is 13.4. The van der Waals surface area contributed by atoms with Gasteiger partial charge >= 0.3 is 11.7 Å². The van der Waals surface area contributed by atoms with E-state index in [4.69, 9.17) is 16.2 Å². The molecule has 2 aromatic rings. The van der Waals surface area contributed by atoms with E-state index in [2.05, 4.69) is 15.6 Å². The summed E-state index contributed by atoms with van der Waals surface area (Å²) in [7, 11) is 1.71. The number of piperazine rings is 1. The summed E-state index contributed by atoms with van der Waals surface area (Å²) in [5.41, 5.74) is 12.3. The lowest BCUT2D eigenvalue weighted by atomic mass is 9.89. The van der Waals surface area contributed by atoms with E-state index in [1.54, 1.807) is 43.0 Å². The fraction of sp³-hybridized carbons (Fsp3) is 0.556. The number of carbonyl (C=O) groups excluding carboxylic acids is 2. The molecule has 12 heteroatoms. The number of hydrogen-bond acceptors (Lipinski definition) is 8. The van der Waals surface area contributed by atoms with Crippen molar-refractivity contribution in [2.45, 2.75) is 63.4 Å². The number of hydrogen-bond donors (Lipinski definition) is 4. The van der Waals surface area contributed by atoms with Crippen molar-refractivity contribution in [1.82, 2.24) is 24.7 Å². The zero-order chi connectivity index (χ0) is 28.2. The summed E-state index contributed by atoms with van der Waals surface area (Å²) in [6.07, 6.45) is 4.52. The first-order valence-electron chi connectivity index (χ1n) is 13.4. The fourth-order valence-corrected chi connectivity index (χ4v) is 5.02. The van der Waals surface area contributed by atoms with Crippen LogP contribution < -0.4 is 27.8 Å². The number of nitrogens with two attached hydrogens (primary N) is 2. The maximum atomic E-state index is 12.7. The van der Waals surface area contributed by atoms with Gasteiger partial charge in [0, 0.05) is 58.1 Å². The van der Waals surface area contributed by atoms with E-state index < -0.39 is 11.2 Å². The minimum atomic E-state index is -0.951. The predicted molar refractivity (Wildman–Crippen MR) is 149 cm³/mol. The van der Waals surface area contributed by atoms with Crippen LogP contribution in [0.25, 0.3) is 5.69 Å². The van der Waals surface area contributed by atoms with Gasteiger partial charge in [0.15, 0.2) is 0 Å². The Hall–Kier alpha value is -3.32. The van der Waals surface area contributed by atoms with Crippen LogP contribution in [0.2, 0.25) is 0 Å². The maximum absolute atomic E-state index is 12.7. The smallest absolute Gasteiger partial charge is 0.354 e. The average molecular weight is 541 g/mol. The van der Waals surface area contributed by atoms with Crippen molar-refractivity contribution in [3.63, 3.8) is 0 Å². The minimum absolute atomic E-state index is 0.0793. The topological polar surface area (TPSA) is 161 Å². The molecule has 2 aliphatic rings. The molecule has 0 bridgehead atoms. The summed E-state index contributed by atoms with van der Waals surface area (Å²) >= 11 is 0. The van der Waals surface area contributed by atoms with Gasteiger partial charge < -0.3 is 31.3 Å². The van der Waals surface area contributed by atoms with Crippen LogP contribution in [-0.4, -0.2) is 88.3 Å². The fourth-order valence-electron chi connectivity index (χ4n) is 5.02. The summed E-state index contributed by atoms with van der Waals surface area (Å²) in [5.74, 6) is 0.0250. The monoisotopic (exact) mass is 540 g/mol. The van der Waals surface area contributed by atoms with Crippen LogP contribution in [0, 0.1) is 0 Å². The normalized spacial score (nSPS) is 22.0. The van der Waals surface area contributed by atoms with Crippen molar-refractivity contribution in [3.05, 3.63) is 52.6 Å². The van der Waals surface area contributed by atoms with Crippen molar-refractivity contribution in [2.24, 2.45) is 11.5 Å². The molecule has 6 N–H and O–H groups in total. The maximum Gasteiger partial charge on any atom is 0.354 e. The first-order chi connectivity index (χ1) is 18.5. The molecule has 2 heterocycles. The van der Waals surface area contributed by atoms with Gasteiger partial charge in [-0.25, -0.2) is 9.59 Å².